The monoisotopic (exact) mass is 264 g/mol. The molecule has 1 aromatic rings. The second-order valence-corrected chi connectivity index (χ2v) is 6.03. The smallest absolute Gasteiger partial charge is 0.320 e. The van der Waals surface area contributed by atoms with E-state index in [0.717, 1.165) is 24.4 Å². The second-order valence-electron chi connectivity index (χ2n) is 4.54. The van der Waals surface area contributed by atoms with Gasteiger partial charge in [-0.2, -0.15) is 11.8 Å². The lowest BCUT2D eigenvalue weighted by Gasteiger charge is -2.39. The first-order chi connectivity index (χ1) is 8.72. The van der Waals surface area contributed by atoms with Crippen LogP contribution in [0.4, 0.5) is 10.5 Å². The Bertz CT molecular complexity index is 396. The van der Waals surface area contributed by atoms with Gasteiger partial charge in [0.25, 0.3) is 0 Å². The zero-order valence-electron chi connectivity index (χ0n) is 10.9. The quantitative estimate of drug-likeness (QED) is 0.887. The van der Waals surface area contributed by atoms with E-state index < -0.39 is 0 Å². The van der Waals surface area contributed by atoms with E-state index >= 15 is 0 Å². The van der Waals surface area contributed by atoms with Gasteiger partial charge in [0.15, 0.2) is 0 Å². The third kappa shape index (κ3) is 2.99. The molecular formula is C14H20N2OS. The molecule has 0 bridgehead atoms. The molecule has 0 radical (unpaired) electrons. The van der Waals surface area contributed by atoms with Crippen LogP contribution in [0.3, 0.4) is 0 Å². The normalized spacial score (nSPS) is 23.8. The number of nitrogens with one attached hydrogen (secondary N) is 1. The van der Waals surface area contributed by atoms with Gasteiger partial charge in [0.05, 0.1) is 0 Å². The summed E-state index contributed by atoms with van der Waals surface area (Å²) in [6, 6.07) is 10.0. The number of anilines is 1. The fourth-order valence-corrected chi connectivity index (χ4v) is 3.62. The molecule has 4 heteroatoms. The summed E-state index contributed by atoms with van der Waals surface area (Å²) in [5.74, 6) is 1.03. The maximum absolute atomic E-state index is 12.3. The molecule has 0 aromatic heterocycles. The van der Waals surface area contributed by atoms with Gasteiger partial charge in [0, 0.05) is 29.3 Å². The highest BCUT2D eigenvalue weighted by Gasteiger charge is 2.30. The van der Waals surface area contributed by atoms with Crippen molar-refractivity contribution in [3.8, 4) is 0 Å². The number of thioether (sulfide) groups is 1. The molecule has 2 amide bonds. The lowest BCUT2D eigenvalue weighted by Crippen LogP contribution is -2.50. The number of hydrogen-bond acceptors (Lipinski definition) is 2. The van der Waals surface area contributed by atoms with Gasteiger partial charge >= 0.3 is 6.03 Å². The molecule has 2 rings (SSSR count). The SMILES string of the molecule is CCC1C(C)SCCN1C(=O)Nc1ccccc1. The lowest BCUT2D eigenvalue weighted by atomic mass is 10.1. The molecule has 1 aliphatic rings. The van der Waals surface area contributed by atoms with Crippen LogP contribution in [0.15, 0.2) is 30.3 Å². The number of amides is 2. The van der Waals surface area contributed by atoms with E-state index in [1.807, 2.05) is 47.0 Å². The molecule has 2 atom stereocenters. The third-order valence-corrected chi connectivity index (χ3v) is 4.62. The van der Waals surface area contributed by atoms with Gasteiger partial charge in [-0.15, -0.1) is 0 Å². The van der Waals surface area contributed by atoms with Gasteiger partial charge in [-0.1, -0.05) is 32.0 Å². The van der Waals surface area contributed by atoms with Crippen LogP contribution in [-0.4, -0.2) is 34.5 Å². The molecule has 1 N–H and O–H groups in total. The van der Waals surface area contributed by atoms with E-state index in [1.165, 1.54) is 0 Å². The number of rotatable bonds is 2. The summed E-state index contributed by atoms with van der Waals surface area (Å²) >= 11 is 1.96. The van der Waals surface area contributed by atoms with Crippen molar-refractivity contribution >= 4 is 23.5 Å². The minimum atomic E-state index is 0.0280. The van der Waals surface area contributed by atoms with Crippen LogP contribution in [0, 0.1) is 0 Å². The van der Waals surface area contributed by atoms with Crippen molar-refractivity contribution in [3.63, 3.8) is 0 Å². The topological polar surface area (TPSA) is 32.3 Å². The average molecular weight is 264 g/mol. The molecule has 0 saturated carbocycles. The predicted molar refractivity (Wildman–Crippen MR) is 78.2 cm³/mol. The van der Waals surface area contributed by atoms with Crippen molar-refractivity contribution in [1.82, 2.24) is 4.90 Å². The Labute approximate surface area is 113 Å². The fourth-order valence-electron chi connectivity index (χ4n) is 2.39. The summed E-state index contributed by atoms with van der Waals surface area (Å²) in [4.78, 5) is 14.3. The Balaban J connectivity index is 2.03. The van der Waals surface area contributed by atoms with Crippen molar-refractivity contribution in [1.29, 1.82) is 0 Å². The Hall–Kier alpha value is -1.16. The van der Waals surface area contributed by atoms with Crippen LogP contribution in [0.5, 0.6) is 0 Å². The van der Waals surface area contributed by atoms with E-state index in [4.69, 9.17) is 0 Å². The van der Waals surface area contributed by atoms with E-state index in [0.29, 0.717) is 11.3 Å². The average Bonchev–Trinajstić information content (AvgIpc) is 2.39. The molecule has 1 heterocycles. The van der Waals surface area contributed by atoms with Crippen LogP contribution >= 0.6 is 11.8 Å². The summed E-state index contributed by atoms with van der Waals surface area (Å²) in [5, 5.41) is 3.49. The van der Waals surface area contributed by atoms with Crippen molar-refractivity contribution < 1.29 is 4.79 Å². The van der Waals surface area contributed by atoms with Crippen molar-refractivity contribution in [2.45, 2.75) is 31.6 Å². The molecular weight excluding hydrogens is 244 g/mol. The third-order valence-electron chi connectivity index (χ3n) is 3.36. The molecule has 3 nitrogen and oxygen atoms in total. The van der Waals surface area contributed by atoms with E-state index in [1.54, 1.807) is 0 Å². The lowest BCUT2D eigenvalue weighted by molar-refractivity contribution is 0.186. The van der Waals surface area contributed by atoms with E-state index in [9.17, 15) is 4.79 Å². The highest BCUT2D eigenvalue weighted by atomic mass is 32.2. The summed E-state index contributed by atoms with van der Waals surface area (Å²) in [6.45, 7) is 5.20. The minimum Gasteiger partial charge on any atom is -0.320 e. The fraction of sp³-hybridized carbons (Fsp3) is 0.500. The number of carbonyl (C=O) groups excluding carboxylic acids is 1. The molecule has 18 heavy (non-hydrogen) atoms. The number of nitrogens with zero attached hydrogens (tertiary/aromatic N) is 1. The van der Waals surface area contributed by atoms with Gasteiger partial charge in [0.1, 0.15) is 0 Å². The number of para-hydroxylation sites is 1. The zero-order chi connectivity index (χ0) is 13.0. The van der Waals surface area contributed by atoms with E-state index in [2.05, 4.69) is 19.2 Å². The molecule has 98 valence electrons. The van der Waals surface area contributed by atoms with Gasteiger partial charge in [-0.05, 0) is 18.6 Å². The van der Waals surface area contributed by atoms with Gasteiger partial charge < -0.3 is 10.2 Å². The first kappa shape index (κ1) is 13.3. The van der Waals surface area contributed by atoms with Crippen LogP contribution in [0.25, 0.3) is 0 Å². The largest absolute Gasteiger partial charge is 0.322 e. The molecule has 1 saturated heterocycles. The maximum atomic E-state index is 12.3. The van der Waals surface area contributed by atoms with Gasteiger partial charge in [-0.3, -0.25) is 0 Å². The van der Waals surface area contributed by atoms with Crippen molar-refractivity contribution in [2.24, 2.45) is 0 Å². The van der Waals surface area contributed by atoms with Crippen LogP contribution < -0.4 is 5.32 Å². The minimum absolute atomic E-state index is 0.0280. The van der Waals surface area contributed by atoms with Crippen LogP contribution in [0.2, 0.25) is 0 Å². The number of benzene rings is 1. The van der Waals surface area contributed by atoms with Crippen LogP contribution in [0.1, 0.15) is 20.3 Å². The Kier molecular flexibility index (Phi) is 4.53. The highest BCUT2D eigenvalue weighted by Crippen LogP contribution is 2.27. The summed E-state index contributed by atoms with van der Waals surface area (Å²) in [5.41, 5.74) is 0.864. The molecule has 2 unspecified atom stereocenters. The first-order valence-corrected chi connectivity index (χ1v) is 7.51. The van der Waals surface area contributed by atoms with Gasteiger partial charge in [-0.25, -0.2) is 4.79 Å². The molecule has 1 aliphatic heterocycles. The highest BCUT2D eigenvalue weighted by molar-refractivity contribution is 8.00. The summed E-state index contributed by atoms with van der Waals surface area (Å²) in [6.07, 6.45) is 1.01. The molecule has 0 spiro atoms. The zero-order valence-corrected chi connectivity index (χ0v) is 11.7. The molecule has 1 fully saturated rings. The summed E-state index contributed by atoms with van der Waals surface area (Å²) in [7, 11) is 0. The molecule has 1 aromatic carbocycles. The van der Waals surface area contributed by atoms with Crippen molar-refractivity contribution in [3.05, 3.63) is 30.3 Å². The predicted octanol–water partition coefficient (Wildman–Crippen LogP) is 3.43. The van der Waals surface area contributed by atoms with Gasteiger partial charge in [0.2, 0.25) is 0 Å². The number of carbonyl (C=O) groups is 1. The van der Waals surface area contributed by atoms with Crippen LogP contribution in [-0.2, 0) is 0 Å². The number of hydrogen-bond donors (Lipinski definition) is 1. The standard InChI is InChI=1S/C14H20N2OS/c1-3-13-11(2)18-10-9-16(13)14(17)15-12-7-5-4-6-8-12/h4-8,11,13H,3,9-10H2,1-2H3,(H,15,17). The second kappa shape index (κ2) is 6.14. The van der Waals surface area contributed by atoms with Crippen molar-refractivity contribution in [2.75, 3.05) is 17.6 Å². The summed E-state index contributed by atoms with van der Waals surface area (Å²) < 4.78 is 0. The number of urea groups is 1. The van der Waals surface area contributed by atoms with E-state index in [-0.39, 0.29) is 6.03 Å². The molecule has 0 aliphatic carbocycles. The Morgan fingerprint density at radius 1 is 1.44 bits per heavy atom. The first-order valence-electron chi connectivity index (χ1n) is 6.46. The maximum Gasteiger partial charge on any atom is 0.322 e. The Morgan fingerprint density at radius 2 is 2.17 bits per heavy atom. The Morgan fingerprint density at radius 3 is 2.83 bits per heavy atom.